The molecule has 0 bridgehead atoms. The van der Waals surface area contributed by atoms with Gasteiger partial charge in [0.2, 0.25) is 0 Å². The van der Waals surface area contributed by atoms with Gasteiger partial charge < -0.3 is 9.84 Å². The normalized spacial score (nSPS) is 10.9. The van der Waals surface area contributed by atoms with Crippen molar-refractivity contribution in [1.82, 2.24) is 4.98 Å². The van der Waals surface area contributed by atoms with Gasteiger partial charge in [-0.15, -0.1) is 11.3 Å². The summed E-state index contributed by atoms with van der Waals surface area (Å²) in [6.45, 7) is 6.42. The molecule has 0 aliphatic carbocycles. The van der Waals surface area contributed by atoms with Gasteiger partial charge in [0.25, 0.3) is 0 Å². The van der Waals surface area contributed by atoms with Gasteiger partial charge in [0, 0.05) is 4.88 Å². The zero-order chi connectivity index (χ0) is 15.4. The van der Waals surface area contributed by atoms with Crippen LogP contribution >= 0.6 is 11.3 Å². The molecule has 21 heavy (non-hydrogen) atoms. The van der Waals surface area contributed by atoms with Crippen molar-refractivity contribution in [2.75, 3.05) is 0 Å². The molecule has 0 unspecified atom stereocenters. The predicted octanol–water partition coefficient (Wildman–Crippen LogP) is 3.78. The molecule has 2 aromatic rings. The minimum atomic E-state index is -0.827. The molecule has 1 aromatic heterocycles. The minimum absolute atomic E-state index is 0.0234. The lowest BCUT2D eigenvalue weighted by atomic mass is 10.1. The van der Waals surface area contributed by atoms with Gasteiger partial charge in [0.05, 0.1) is 12.1 Å². The molecule has 0 saturated heterocycles. The van der Waals surface area contributed by atoms with Gasteiger partial charge in [0.1, 0.15) is 17.4 Å². The lowest BCUT2D eigenvalue weighted by Crippen LogP contribution is -2.02. The van der Waals surface area contributed by atoms with Crippen molar-refractivity contribution in [1.29, 1.82) is 0 Å². The number of nitrogens with zero attached hydrogens (tertiary/aromatic N) is 1. The summed E-state index contributed by atoms with van der Waals surface area (Å²) in [7, 11) is 0. The maximum atomic E-state index is 10.9. The van der Waals surface area contributed by atoms with E-state index in [1.807, 2.05) is 45.0 Å². The maximum absolute atomic E-state index is 10.9. The summed E-state index contributed by atoms with van der Waals surface area (Å²) in [4.78, 5) is 16.3. The van der Waals surface area contributed by atoms with Gasteiger partial charge in [-0.2, -0.15) is 0 Å². The Kier molecular flexibility index (Phi) is 4.96. The summed E-state index contributed by atoms with van der Waals surface area (Å²) in [5.74, 6) is 0.186. The van der Waals surface area contributed by atoms with Crippen LogP contribution in [0.15, 0.2) is 24.3 Å². The Bertz CT molecular complexity index is 634. The molecule has 0 atom stereocenters. The number of thiazole rings is 1. The van der Waals surface area contributed by atoms with Gasteiger partial charge in [0.15, 0.2) is 0 Å². The highest BCUT2D eigenvalue weighted by Crippen LogP contribution is 2.26. The largest absolute Gasteiger partial charge is 0.486 e. The van der Waals surface area contributed by atoms with Crippen LogP contribution in [0.25, 0.3) is 0 Å². The fraction of sp³-hybridized carbons (Fsp3) is 0.375. The Morgan fingerprint density at radius 2 is 2.19 bits per heavy atom. The number of carboxylic acids is 1. The maximum Gasteiger partial charge on any atom is 0.308 e. The number of rotatable bonds is 6. The molecule has 0 fully saturated rings. The first-order chi connectivity index (χ1) is 9.95. The van der Waals surface area contributed by atoms with E-state index in [4.69, 9.17) is 9.84 Å². The summed E-state index contributed by atoms with van der Waals surface area (Å²) in [5.41, 5.74) is 2.01. The van der Waals surface area contributed by atoms with Gasteiger partial charge in [-0.1, -0.05) is 26.0 Å². The Labute approximate surface area is 128 Å². The molecule has 112 valence electrons. The highest BCUT2D eigenvalue weighted by atomic mass is 32.1. The molecular formula is C16H19NO3S. The molecule has 2 rings (SSSR count). The molecule has 5 heteroatoms. The van der Waals surface area contributed by atoms with E-state index in [1.54, 1.807) is 0 Å². The third-order valence-electron chi connectivity index (χ3n) is 2.98. The summed E-state index contributed by atoms with van der Waals surface area (Å²) in [6.07, 6.45) is 0.0234. The standard InChI is InChI=1S/C16H19NO3S/c1-10(2)16-13(8-15(18)19)21-14(17-16)9-20-12-6-4-5-11(3)7-12/h4-7,10H,8-9H2,1-3H3,(H,18,19). The molecular weight excluding hydrogens is 286 g/mol. The average Bonchev–Trinajstić information content (AvgIpc) is 2.79. The number of carbonyl (C=O) groups is 1. The van der Waals surface area contributed by atoms with E-state index >= 15 is 0 Å². The van der Waals surface area contributed by atoms with Gasteiger partial charge >= 0.3 is 5.97 Å². The molecule has 0 aliphatic heterocycles. The van der Waals surface area contributed by atoms with Crippen LogP contribution in [0.3, 0.4) is 0 Å². The number of hydrogen-bond acceptors (Lipinski definition) is 4. The van der Waals surface area contributed by atoms with Crippen molar-refractivity contribution in [3.05, 3.63) is 45.4 Å². The zero-order valence-electron chi connectivity index (χ0n) is 12.4. The topological polar surface area (TPSA) is 59.4 Å². The van der Waals surface area contributed by atoms with Crippen molar-refractivity contribution in [2.45, 2.75) is 39.7 Å². The average molecular weight is 305 g/mol. The molecule has 0 amide bonds. The van der Waals surface area contributed by atoms with E-state index in [0.29, 0.717) is 6.61 Å². The SMILES string of the molecule is Cc1cccc(OCc2nc(C(C)C)c(CC(=O)O)s2)c1. The Morgan fingerprint density at radius 1 is 1.43 bits per heavy atom. The smallest absolute Gasteiger partial charge is 0.308 e. The van der Waals surface area contributed by atoms with E-state index in [-0.39, 0.29) is 12.3 Å². The molecule has 0 spiro atoms. The molecule has 0 aliphatic rings. The Hall–Kier alpha value is -1.88. The highest BCUT2D eigenvalue weighted by Gasteiger charge is 2.16. The first-order valence-corrected chi connectivity index (χ1v) is 7.67. The molecule has 4 nitrogen and oxygen atoms in total. The van der Waals surface area contributed by atoms with E-state index in [2.05, 4.69) is 4.98 Å². The number of carboxylic acid groups (broad SMARTS) is 1. The summed E-state index contributed by atoms with van der Waals surface area (Å²) in [5, 5.41) is 9.78. The number of hydrogen-bond donors (Lipinski definition) is 1. The van der Waals surface area contributed by atoms with E-state index in [0.717, 1.165) is 26.9 Å². The van der Waals surface area contributed by atoms with Crippen molar-refractivity contribution in [3.8, 4) is 5.75 Å². The Morgan fingerprint density at radius 3 is 2.81 bits per heavy atom. The highest BCUT2D eigenvalue weighted by molar-refractivity contribution is 7.11. The minimum Gasteiger partial charge on any atom is -0.486 e. The van der Waals surface area contributed by atoms with Crippen LogP contribution in [0.4, 0.5) is 0 Å². The second kappa shape index (κ2) is 6.72. The van der Waals surface area contributed by atoms with Crippen molar-refractivity contribution < 1.29 is 14.6 Å². The van der Waals surface area contributed by atoms with Crippen molar-refractivity contribution in [2.24, 2.45) is 0 Å². The van der Waals surface area contributed by atoms with Crippen molar-refractivity contribution in [3.63, 3.8) is 0 Å². The second-order valence-electron chi connectivity index (χ2n) is 5.25. The van der Waals surface area contributed by atoms with Crippen LogP contribution in [-0.2, 0) is 17.8 Å². The van der Waals surface area contributed by atoms with E-state index in [9.17, 15) is 4.79 Å². The molecule has 1 N–H and O–H groups in total. The fourth-order valence-corrected chi connectivity index (χ4v) is 3.17. The third-order valence-corrected chi connectivity index (χ3v) is 4.03. The lowest BCUT2D eigenvalue weighted by molar-refractivity contribution is -0.136. The molecule has 0 radical (unpaired) electrons. The third kappa shape index (κ3) is 4.29. The Balaban J connectivity index is 2.11. The van der Waals surface area contributed by atoms with E-state index in [1.165, 1.54) is 11.3 Å². The van der Waals surface area contributed by atoms with Crippen LogP contribution in [0, 0.1) is 6.92 Å². The molecule has 1 aromatic carbocycles. The lowest BCUT2D eigenvalue weighted by Gasteiger charge is -2.04. The van der Waals surface area contributed by atoms with Crippen LogP contribution in [0.2, 0.25) is 0 Å². The quantitative estimate of drug-likeness (QED) is 0.882. The number of aryl methyl sites for hydroxylation is 1. The summed E-state index contributed by atoms with van der Waals surface area (Å²) < 4.78 is 5.73. The first-order valence-electron chi connectivity index (χ1n) is 6.85. The van der Waals surface area contributed by atoms with Crippen LogP contribution in [0.5, 0.6) is 5.75 Å². The van der Waals surface area contributed by atoms with Crippen LogP contribution < -0.4 is 4.74 Å². The monoisotopic (exact) mass is 305 g/mol. The number of aliphatic carboxylic acids is 1. The zero-order valence-corrected chi connectivity index (χ0v) is 13.2. The molecule has 0 saturated carbocycles. The van der Waals surface area contributed by atoms with Gasteiger partial charge in [-0.05, 0) is 30.5 Å². The second-order valence-corrected chi connectivity index (χ2v) is 6.41. The first kappa shape index (κ1) is 15.5. The van der Waals surface area contributed by atoms with E-state index < -0.39 is 5.97 Å². The summed E-state index contributed by atoms with van der Waals surface area (Å²) in [6, 6.07) is 7.83. The fourth-order valence-electron chi connectivity index (χ4n) is 2.04. The van der Waals surface area contributed by atoms with Crippen LogP contribution in [-0.4, -0.2) is 16.1 Å². The predicted molar refractivity (Wildman–Crippen MR) is 83.1 cm³/mol. The van der Waals surface area contributed by atoms with Crippen LogP contribution in [0.1, 0.15) is 40.9 Å². The molecule has 1 heterocycles. The number of benzene rings is 1. The van der Waals surface area contributed by atoms with Gasteiger partial charge in [-0.25, -0.2) is 4.98 Å². The number of aromatic nitrogens is 1. The summed E-state index contributed by atoms with van der Waals surface area (Å²) >= 11 is 1.42. The van der Waals surface area contributed by atoms with Gasteiger partial charge in [-0.3, -0.25) is 4.79 Å². The van der Waals surface area contributed by atoms with Crippen molar-refractivity contribution >= 4 is 17.3 Å². The number of ether oxygens (including phenoxy) is 1.